The van der Waals surface area contributed by atoms with Crippen molar-refractivity contribution in [3.8, 4) is 40.2 Å². The number of hydrogen-bond donors (Lipinski definition) is 2. The largest absolute Gasteiger partial charge is 0.504 e. The van der Waals surface area contributed by atoms with E-state index in [4.69, 9.17) is 18.9 Å². The molecule has 0 unspecified atom stereocenters. The van der Waals surface area contributed by atoms with Gasteiger partial charge in [-0.25, -0.2) is 0 Å². The minimum Gasteiger partial charge on any atom is -0.504 e. The molecule has 0 radical (unpaired) electrons. The standard InChI is InChI=1S/C37H42N2O6/c1-38-14-12-25-19-33(41)34(42-3)21-28(25)30(38)16-23-6-9-27(10-7-23)45-35-18-24(8-11-32(35)40)17-31-29-22-37(44-5)36(43-4)20-26(29)13-15-39(31)2/h6-11,18-22,30-31,40-41H,12-17H2,1-5H3/t30-,31+/m1/s1. The summed E-state index contributed by atoms with van der Waals surface area (Å²) in [5.41, 5.74) is 7.08. The molecule has 6 rings (SSSR count). The highest BCUT2D eigenvalue weighted by Crippen LogP contribution is 2.41. The maximum atomic E-state index is 10.7. The minimum atomic E-state index is 0.101. The second-order valence-electron chi connectivity index (χ2n) is 12.1. The van der Waals surface area contributed by atoms with E-state index in [2.05, 4.69) is 48.2 Å². The monoisotopic (exact) mass is 610 g/mol. The van der Waals surface area contributed by atoms with Crippen molar-refractivity contribution < 1.29 is 29.2 Å². The van der Waals surface area contributed by atoms with Gasteiger partial charge >= 0.3 is 0 Å². The van der Waals surface area contributed by atoms with Crippen LogP contribution in [0.5, 0.6) is 40.2 Å². The molecule has 8 heteroatoms. The number of hydrogen-bond acceptors (Lipinski definition) is 8. The molecule has 0 spiro atoms. The summed E-state index contributed by atoms with van der Waals surface area (Å²) in [7, 11) is 9.20. The first-order valence-electron chi connectivity index (χ1n) is 15.4. The van der Waals surface area contributed by atoms with Gasteiger partial charge in [-0.1, -0.05) is 18.2 Å². The first-order valence-corrected chi connectivity index (χ1v) is 15.4. The third-order valence-electron chi connectivity index (χ3n) is 9.37. The normalized spacial score (nSPS) is 18.2. The zero-order valence-electron chi connectivity index (χ0n) is 26.7. The van der Waals surface area contributed by atoms with Crippen LogP contribution in [0.1, 0.15) is 45.5 Å². The van der Waals surface area contributed by atoms with E-state index >= 15 is 0 Å². The molecule has 0 saturated carbocycles. The molecule has 4 aromatic carbocycles. The van der Waals surface area contributed by atoms with Gasteiger partial charge in [0.1, 0.15) is 5.75 Å². The van der Waals surface area contributed by atoms with Gasteiger partial charge in [-0.2, -0.15) is 0 Å². The van der Waals surface area contributed by atoms with Crippen LogP contribution in [-0.2, 0) is 25.7 Å². The van der Waals surface area contributed by atoms with Crippen molar-refractivity contribution in [2.45, 2.75) is 37.8 Å². The average Bonchev–Trinajstić information content (AvgIpc) is 3.05. The summed E-state index contributed by atoms with van der Waals surface area (Å²) in [6.07, 6.45) is 3.41. The molecule has 2 aliphatic rings. The van der Waals surface area contributed by atoms with Crippen LogP contribution in [0, 0.1) is 0 Å². The lowest BCUT2D eigenvalue weighted by Gasteiger charge is -2.35. The second-order valence-corrected chi connectivity index (χ2v) is 12.1. The van der Waals surface area contributed by atoms with Crippen LogP contribution in [0.25, 0.3) is 0 Å². The lowest BCUT2D eigenvalue weighted by Crippen LogP contribution is -2.33. The Kier molecular flexibility index (Phi) is 8.79. The van der Waals surface area contributed by atoms with Gasteiger partial charge in [-0.05, 0) is 122 Å². The number of nitrogens with zero attached hydrogens (tertiary/aromatic N) is 2. The van der Waals surface area contributed by atoms with Gasteiger partial charge in [0.2, 0.25) is 0 Å². The third-order valence-corrected chi connectivity index (χ3v) is 9.37. The number of phenols is 2. The van der Waals surface area contributed by atoms with E-state index in [1.54, 1.807) is 27.4 Å². The van der Waals surface area contributed by atoms with Crippen LogP contribution in [0.2, 0.25) is 0 Å². The van der Waals surface area contributed by atoms with E-state index in [1.807, 2.05) is 36.4 Å². The number of fused-ring (bicyclic) bond motifs is 2. The highest BCUT2D eigenvalue weighted by atomic mass is 16.5. The Labute approximate surface area is 265 Å². The van der Waals surface area contributed by atoms with Crippen LogP contribution < -0.4 is 18.9 Å². The van der Waals surface area contributed by atoms with E-state index in [0.29, 0.717) is 17.2 Å². The number of phenolic OH excluding ortho intramolecular Hbond substituents is 2. The first kappa shape index (κ1) is 30.6. The molecular weight excluding hydrogens is 568 g/mol. The summed E-state index contributed by atoms with van der Waals surface area (Å²) in [5.74, 6) is 3.36. The van der Waals surface area contributed by atoms with Gasteiger partial charge in [0.15, 0.2) is 34.5 Å². The van der Waals surface area contributed by atoms with E-state index in [1.165, 1.54) is 22.3 Å². The van der Waals surface area contributed by atoms with E-state index in [9.17, 15) is 10.2 Å². The summed E-state index contributed by atoms with van der Waals surface area (Å²) in [6, 6.07) is 22.0. The lowest BCUT2D eigenvalue weighted by molar-refractivity contribution is 0.227. The van der Waals surface area contributed by atoms with Crippen molar-refractivity contribution in [2.24, 2.45) is 0 Å². The fourth-order valence-electron chi connectivity index (χ4n) is 6.73. The van der Waals surface area contributed by atoms with E-state index < -0.39 is 0 Å². The maximum absolute atomic E-state index is 10.7. The molecule has 0 saturated heterocycles. The second kappa shape index (κ2) is 12.9. The molecule has 0 amide bonds. The number of likely N-dealkylation sites (N-methyl/N-ethyl adjacent to an activating group) is 2. The summed E-state index contributed by atoms with van der Waals surface area (Å²) in [4.78, 5) is 4.71. The Hall–Kier alpha value is -4.40. The number of benzene rings is 4. The molecular formula is C37H42N2O6. The Morgan fingerprint density at radius 2 is 1.13 bits per heavy atom. The predicted molar refractivity (Wildman–Crippen MR) is 174 cm³/mol. The highest BCUT2D eigenvalue weighted by molar-refractivity contribution is 5.51. The summed E-state index contributed by atoms with van der Waals surface area (Å²) < 4.78 is 22.8. The topological polar surface area (TPSA) is 83.9 Å². The molecule has 2 N–H and O–H groups in total. The predicted octanol–water partition coefficient (Wildman–Crippen LogP) is 6.46. The molecule has 236 valence electrons. The average molecular weight is 611 g/mol. The van der Waals surface area contributed by atoms with Gasteiger partial charge in [0, 0.05) is 25.2 Å². The van der Waals surface area contributed by atoms with Gasteiger partial charge in [-0.3, -0.25) is 9.80 Å². The maximum Gasteiger partial charge on any atom is 0.169 e. The van der Waals surface area contributed by atoms with Crippen LogP contribution in [0.3, 0.4) is 0 Å². The molecule has 0 bridgehead atoms. The van der Waals surface area contributed by atoms with Crippen molar-refractivity contribution >= 4 is 0 Å². The Balaban J connectivity index is 1.18. The van der Waals surface area contributed by atoms with Gasteiger partial charge < -0.3 is 29.2 Å². The number of methoxy groups -OCH3 is 3. The fourth-order valence-corrected chi connectivity index (χ4v) is 6.73. The van der Waals surface area contributed by atoms with Gasteiger partial charge in [0.25, 0.3) is 0 Å². The Morgan fingerprint density at radius 1 is 0.600 bits per heavy atom. The van der Waals surface area contributed by atoms with Crippen molar-refractivity contribution in [1.29, 1.82) is 0 Å². The molecule has 2 heterocycles. The molecule has 2 aliphatic heterocycles. The fraction of sp³-hybridized carbons (Fsp3) is 0.351. The number of rotatable bonds is 9. The molecule has 8 nitrogen and oxygen atoms in total. The van der Waals surface area contributed by atoms with Gasteiger partial charge in [0.05, 0.1) is 21.3 Å². The molecule has 0 aliphatic carbocycles. The molecule has 0 aromatic heterocycles. The smallest absolute Gasteiger partial charge is 0.169 e. The zero-order valence-corrected chi connectivity index (χ0v) is 26.7. The highest BCUT2D eigenvalue weighted by Gasteiger charge is 2.28. The van der Waals surface area contributed by atoms with Crippen molar-refractivity contribution in [3.63, 3.8) is 0 Å². The lowest BCUT2D eigenvalue weighted by atomic mass is 9.88. The molecule has 2 atom stereocenters. The molecule has 0 fully saturated rings. The van der Waals surface area contributed by atoms with Crippen LogP contribution in [0.4, 0.5) is 0 Å². The summed E-state index contributed by atoms with van der Waals surface area (Å²) in [5, 5.41) is 21.0. The van der Waals surface area contributed by atoms with Crippen LogP contribution in [-0.4, -0.2) is 68.5 Å². The third kappa shape index (κ3) is 6.26. The Bertz CT molecular complexity index is 1670. The number of aromatic hydroxyl groups is 2. The van der Waals surface area contributed by atoms with Crippen molar-refractivity contribution in [3.05, 3.63) is 100 Å². The van der Waals surface area contributed by atoms with Crippen molar-refractivity contribution in [1.82, 2.24) is 9.80 Å². The Morgan fingerprint density at radius 3 is 1.76 bits per heavy atom. The van der Waals surface area contributed by atoms with Crippen LogP contribution >= 0.6 is 0 Å². The van der Waals surface area contributed by atoms with Crippen LogP contribution in [0.15, 0.2) is 66.7 Å². The van der Waals surface area contributed by atoms with E-state index in [-0.39, 0.29) is 23.6 Å². The quantitative estimate of drug-likeness (QED) is 0.224. The summed E-state index contributed by atoms with van der Waals surface area (Å²) >= 11 is 0. The van der Waals surface area contributed by atoms with E-state index in [0.717, 1.165) is 61.4 Å². The van der Waals surface area contributed by atoms with Gasteiger partial charge in [-0.15, -0.1) is 0 Å². The SMILES string of the molecule is COc1cc2c(cc1O)CCN(C)[C@@H]2Cc1ccc(Oc2cc(C[C@H]3c4cc(OC)c(OC)cc4CCN3C)ccc2O)cc1. The summed E-state index contributed by atoms with van der Waals surface area (Å²) in [6.45, 7) is 1.86. The number of ether oxygens (including phenoxy) is 4. The minimum absolute atomic E-state index is 0.101. The first-order chi connectivity index (χ1) is 21.8. The molecule has 45 heavy (non-hydrogen) atoms. The zero-order chi connectivity index (χ0) is 31.7. The molecule has 4 aromatic rings. The van der Waals surface area contributed by atoms with Crippen molar-refractivity contribution in [2.75, 3.05) is 48.5 Å².